The first kappa shape index (κ1) is 16.7. The molecular weight excluding hydrogens is 340 g/mol. The van der Waals surface area contributed by atoms with Gasteiger partial charge in [-0.05, 0) is 24.6 Å². The van der Waals surface area contributed by atoms with E-state index in [-0.39, 0.29) is 5.91 Å². The van der Waals surface area contributed by atoms with E-state index < -0.39 is 0 Å². The third-order valence-corrected chi connectivity index (χ3v) is 4.34. The van der Waals surface area contributed by atoms with Gasteiger partial charge in [-0.2, -0.15) is 0 Å². The van der Waals surface area contributed by atoms with Crippen molar-refractivity contribution in [2.75, 3.05) is 12.4 Å². The number of amides is 1. The fraction of sp³-hybridized carbons (Fsp3) is 0.100. The molecule has 1 amide bonds. The molecule has 2 heterocycles. The Hall–Kier alpha value is -3.74. The second kappa shape index (κ2) is 6.87. The zero-order chi connectivity index (χ0) is 18.8. The smallest absolute Gasteiger partial charge is 0.251 e. The summed E-state index contributed by atoms with van der Waals surface area (Å²) in [5, 5.41) is 14.5. The quantitative estimate of drug-likeness (QED) is 0.585. The topological polar surface area (TPSA) is 84.2 Å². The van der Waals surface area contributed by atoms with Crippen molar-refractivity contribution in [2.45, 2.75) is 6.92 Å². The average molecular weight is 358 g/mol. The fourth-order valence-electron chi connectivity index (χ4n) is 2.87. The summed E-state index contributed by atoms with van der Waals surface area (Å²) in [5.74, 6) is 1.18. The lowest BCUT2D eigenvalue weighted by Crippen LogP contribution is -2.17. The summed E-state index contributed by atoms with van der Waals surface area (Å²) in [4.78, 5) is 16.3. The van der Waals surface area contributed by atoms with Crippen LogP contribution in [0.3, 0.4) is 0 Å². The Balaban J connectivity index is 1.76. The van der Waals surface area contributed by atoms with Gasteiger partial charge in [0, 0.05) is 36.3 Å². The normalized spacial score (nSPS) is 10.7. The number of carbonyl (C=O) groups excluding carboxylic acids is 1. The molecule has 0 spiro atoms. The van der Waals surface area contributed by atoms with Crippen LogP contribution in [-0.4, -0.2) is 32.5 Å². The molecule has 0 fully saturated rings. The van der Waals surface area contributed by atoms with E-state index in [1.54, 1.807) is 25.4 Å². The van der Waals surface area contributed by atoms with Gasteiger partial charge in [0.2, 0.25) is 5.65 Å². The van der Waals surface area contributed by atoms with E-state index in [4.69, 9.17) is 0 Å². The Labute approximate surface area is 156 Å². The highest BCUT2D eigenvalue weighted by atomic mass is 16.1. The highest BCUT2D eigenvalue weighted by molar-refractivity contribution is 5.95. The molecule has 0 aliphatic carbocycles. The van der Waals surface area contributed by atoms with Gasteiger partial charge >= 0.3 is 0 Å². The lowest BCUT2D eigenvalue weighted by atomic mass is 10.1. The summed E-state index contributed by atoms with van der Waals surface area (Å²) in [7, 11) is 1.61. The predicted octanol–water partition coefficient (Wildman–Crippen LogP) is 3.20. The van der Waals surface area contributed by atoms with E-state index in [0.29, 0.717) is 17.0 Å². The molecule has 0 aliphatic heterocycles. The maximum absolute atomic E-state index is 11.9. The van der Waals surface area contributed by atoms with E-state index in [0.717, 1.165) is 22.6 Å². The number of carbonyl (C=O) groups is 1. The largest absolute Gasteiger partial charge is 0.355 e. The highest BCUT2D eigenvalue weighted by Crippen LogP contribution is 2.25. The first-order chi connectivity index (χ1) is 13.2. The van der Waals surface area contributed by atoms with Crippen molar-refractivity contribution in [2.24, 2.45) is 0 Å². The molecule has 2 N–H and O–H groups in total. The Kier molecular flexibility index (Phi) is 4.25. The Morgan fingerprint density at radius 3 is 2.67 bits per heavy atom. The first-order valence-corrected chi connectivity index (χ1v) is 8.52. The Bertz CT molecular complexity index is 1120. The number of fused-ring (bicyclic) bond motifs is 1. The molecule has 2 aromatic carbocycles. The van der Waals surface area contributed by atoms with E-state index in [1.807, 2.05) is 53.9 Å². The Morgan fingerprint density at radius 1 is 1.07 bits per heavy atom. The van der Waals surface area contributed by atoms with Crippen molar-refractivity contribution in [3.8, 4) is 11.4 Å². The van der Waals surface area contributed by atoms with Crippen LogP contribution in [-0.2, 0) is 0 Å². The minimum Gasteiger partial charge on any atom is -0.355 e. The summed E-state index contributed by atoms with van der Waals surface area (Å²) in [5.41, 5.74) is 3.94. The molecule has 7 nitrogen and oxygen atoms in total. The zero-order valence-corrected chi connectivity index (χ0v) is 15.0. The van der Waals surface area contributed by atoms with Crippen molar-refractivity contribution < 1.29 is 4.79 Å². The van der Waals surface area contributed by atoms with Gasteiger partial charge < -0.3 is 10.6 Å². The number of aryl methyl sites for hydroxylation is 1. The van der Waals surface area contributed by atoms with Crippen LogP contribution in [0.5, 0.6) is 0 Å². The van der Waals surface area contributed by atoms with Crippen LogP contribution in [0.1, 0.15) is 15.9 Å². The van der Waals surface area contributed by atoms with Crippen LogP contribution in [0.4, 0.5) is 11.5 Å². The van der Waals surface area contributed by atoms with Crippen LogP contribution in [0.15, 0.2) is 60.9 Å². The predicted molar refractivity (Wildman–Crippen MR) is 104 cm³/mol. The lowest BCUT2D eigenvalue weighted by molar-refractivity contribution is 0.0963. The van der Waals surface area contributed by atoms with Gasteiger partial charge in [0.1, 0.15) is 0 Å². The van der Waals surface area contributed by atoms with E-state index in [9.17, 15) is 4.79 Å². The van der Waals surface area contributed by atoms with Crippen molar-refractivity contribution in [1.82, 2.24) is 24.9 Å². The average Bonchev–Trinajstić information content (AvgIpc) is 3.15. The van der Waals surface area contributed by atoms with Crippen LogP contribution in [0, 0.1) is 6.92 Å². The SMILES string of the molecule is CNC(=O)c1ccc(C)c(Nc2nccn3c(-c4ccccc4)nnc23)c1. The molecule has 0 bridgehead atoms. The summed E-state index contributed by atoms with van der Waals surface area (Å²) in [6.07, 6.45) is 3.53. The molecule has 0 radical (unpaired) electrons. The van der Waals surface area contributed by atoms with Crippen molar-refractivity contribution in [3.63, 3.8) is 0 Å². The van der Waals surface area contributed by atoms with Gasteiger partial charge in [0.05, 0.1) is 0 Å². The molecular formula is C20H18N6O. The van der Waals surface area contributed by atoms with E-state index >= 15 is 0 Å². The number of benzene rings is 2. The summed E-state index contributed by atoms with van der Waals surface area (Å²) in [6, 6.07) is 15.3. The van der Waals surface area contributed by atoms with Gasteiger partial charge in [-0.1, -0.05) is 36.4 Å². The number of hydrogen-bond donors (Lipinski definition) is 2. The minimum atomic E-state index is -0.141. The molecule has 134 valence electrons. The molecule has 0 aliphatic rings. The van der Waals surface area contributed by atoms with E-state index in [1.165, 1.54) is 0 Å². The molecule has 0 unspecified atom stereocenters. The molecule has 27 heavy (non-hydrogen) atoms. The van der Waals surface area contributed by atoms with Crippen LogP contribution >= 0.6 is 0 Å². The maximum Gasteiger partial charge on any atom is 0.251 e. The molecule has 7 heteroatoms. The fourth-order valence-corrected chi connectivity index (χ4v) is 2.87. The summed E-state index contributed by atoms with van der Waals surface area (Å²) < 4.78 is 1.89. The first-order valence-electron chi connectivity index (χ1n) is 8.52. The highest BCUT2D eigenvalue weighted by Gasteiger charge is 2.13. The Morgan fingerprint density at radius 2 is 1.89 bits per heavy atom. The third kappa shape index (κ3) is 3.10. The van der Waals surface area contributed by atoms with Gasteiger partial charge in [-0.3, -0.25) is 9.20 Å². The maximum atomic E-state index is 11.9. The van der Waals surface area contributed by atoms with Gasteiger partial charge in [-0.25, -0.2) is 4.98 Å². The monoisotopic (exact) mass is 358 g/mol. The van der Waals surface area contributed by atoms with Crippen LogP contribution in [0.25, 0.3) is 17.0 Å². The van der Waals surface area contributed by atoms with Crippen LogP contribution < -0.4 is 10.6 Å². The second-order valence-corrected chi connectivity index (χ2v) is 6.09. The van der Waals surface area contributed by atoms with Crippen molar-refractivity contribution in [3.05, 3.63) is 72.1 Å². The van der Waals surface area contributed by atoms with Crippen molar-refractivity contribution in [1.29, 1.82) is 0 Å². The van der Waals surface area contributed by atoms with Crippen LogP contribution in [0.2, 0.25) is 0 Å². The number of anilines is 2. The number of nitrogens with one attached hydrogen (secondary N) is 2. The molecule has 4 aromatic rings. The standard InChI is InChI=1S/C20H18N6O/c1-13-8-9-15(20(27)21-2)12-16(13)23-17-19-25-24-18(26(19)11-10-22-17)14-6-4-3-5-7-14/h3-12H,1-2H3,(H,21,27)(H,22,23). The number of hydrogen-bond acceptors (Lipinski definition) is 5. The molecule has 0 atom stereocenters. The molecule has 2 aromatic heterocycles. The number of aromatic nitrogens is 4. The second-order valence-electron chi connectivity index (χ2n) is 6.09. The van der Waals surface area contributed by atoms with Crippen molar-refractivity contribution >= 4 is 23.1 Å². The third-order valence-electron chi connectivity index (χ3n) is 4.34. The molecule has 0 saturated carbocycles. The molecule has 4 rings (SSSR count). The lowest BCUT2D eigenvalue weighted by Gasteiger charge is -2.11. The molecule has 0 saturated heterocycles. The number of rotatable bonds is 4. The summed E-state index contributed by atoms with van der Waals surface area (Å²) >= 11 is 0. The summed E-state index contributed by atoms with van der Waals surface area (Å²) in [6.45, 7) is 1.97. The number of nitrogens with zero attached hydrogens (tertiary/aromatic N) is 4. The van der Waals surface area contributed by atoms with Gasteiger partial charge in [0.15, 0.2) is 11.6 Å². The minimum absolute atomic E-state index is 0.141. The van der Waals surface area contributed by atoms with E-state index in [2.05, 4.69) is 25.8 Å². The van der Waals surface area contributed by atoms with Gasteiger partial charge in [-0.15, -0.1) is 10.2 Å². The zero-order valence-electron chi connectivity index (χ0n) is 15.0. The van der Waals surface area contributed by atoms with Gasteiger partial charge in [0.25, 0.3) is 5.91 Å².